The van der Waals surface area contributed by atoms with Gasteiger partial charge in [0.25, 0.3) is 0 Å². The van der Waals surface area contributed by atoms with Gasteiger partial charge in [0.2, 0.25) is 0 Å². The van der Waals surface area contributed by atoms with Crippen molar-refractivity contribution < 1.29 is 14.3 Å². The molecule has 5 heteroatoms. The number of aromatic amines is 1. The summed E-state index contributed by atoms with van der Waals surface area (Å²) in [5.74, 6) is -0.881. The number of carboxylic acid groups (broad SMARTS) is 1. The molecule has 0 amide bonds. The molecule has 1 aliphatic heterocycles. The Morgan fingerprint density at radius 2 is 2.03 bits per heavy atom. The van der Waals surface area contributed by atoms with Crippen molar-refractivity contribution in [3.8, 4) is 0 Å². The number of hydrogen-bond donors (Lipinski definition) is 2. The standard InChI is InChI=1S/C24H29FN2O2/c1-15-10-17-16-6-4-5-7-18(16)26-20(17)21(27(15)14-22(2,3)25)24-11-23(12-24,13-24)9-8-19(28)29/h4-9,15,21,26H,10-14H2,1-3H3,(H,28,29)/b9-8+. The van der Waals surface area contributed by atoms with Crippen molar-refractivity contribution >= 4 is 16.9 Å². The zero-order chi connectivity index (χ0) is 20.6. The number of rotatable bonds is 5. The van der Waals surface area contributed by atoms with Gasteiger partial charge in [-0.1, -0.05) is 24.3 Å². The summed E-state index contributed by atoms with van der Waals surface area (Å²) in [4.78, 5) is 17.0. The van der Waals surface area contributed by atoms with Gasteiger partial charge < -0.3 is 10.1 Å². The van der Waals surface area contributed by atoms with E-state index in [1.54, 1.807) is 13.8 Å². The lowest BCUT2D eigenvalue weighted by Crippen LogP contribution is -2.68. The van der Waals surface area contributed by atoms with Gasteiger partial charge in [0, 0.05) is 35.3 Å². The molecular weight excluding hydrogens is 367 g/mol. The lowest BCUT2D eigenvalue weighted by atomic mass is 9.32. The summed E-state index contributed by atoms with van der Waals surface area (Å²) in [5, 5.41) is 10.3. The number of fused-ring (bicyclic) bond motifs is 3. The maximum Gasteiger partial charge on any atom is 0.327 e. The zero-order valence-electron chi connectivity index (χ0n) is 17.3. The average molecular weight is 397 g/mol. The number of nitrogens with one attached hydrogen (secondary N) is 1. The van der Waals surface area contributed by atoms with Gasteiger partial charge in [-0.3, -0.25) is 4.90 Å². The second-order valence-electron chi connectivity index (χ2n) is 10.3. The highest BCUT2D eigenvalue weighted by Gasteiger charge is 2.71. The minimum atomic E-state index is -1.26. The van der Waals surface area contributed by atoms with Gasteiger partial charge in [-0.25, -0.2) is 9.18 Å². The molecule has 0 radical (unpaired) electrons. The monoisotopic (exact) mass is 396 g/mol. The summed E-state index contributed by atoms with van der Waals surface area (Å²) in [5.41, 5.74) is 2.67. The smallest absolute Gasteiger partial charge is 0.327 e. The van der Waals surface area contributed by atoms with E-state index in [-0.39, 0.29) is 22.9 Å². The number of hydrogen-bond acceptors (Lipinski definition) is 2. The molecule has 0 spiro atoms. The topological polar surface area (TPSA) is 56.3 Å². The number of para-hydroxylation sites is 1. The van der Waals surface area contributed by atoms with Crippen molar-refractivity contribution in [2.75, 3.05) is 6.54 Å². The van der Waals surface area contributed by atoms with Gasteiger partial charge >= 0.3 is 5.97 Å². The molecule has 6 rings (SSSR count). The number of aliphatic carboxylic acids is 1. The largest absolute Gasteiger partial charge is 0.478 e. The fraction of sp³-hybridized carbons (Fsp3) is 0.542. The number of halogens is 1. The molecule has 1 aromatic carbocycles. The molecule has 2 bridgehead atoms. The third-order valence-electron chi connectivity index (χ3n) is 7.35. The van der Waals surface area contributed by atoms with Crippen molar-refractivity contribution in [2.24, 2.45) is 10.8 Å². The van der Waals surface area contributed by atoms with Crippen LogP contribution in [0.5, 0.6) is 0 Å². The molecule has 2 heterocycles. The maximum absolute atomic E-state index is 14.8. The second kappa shape index (κ2) is 5.94. The first-order valence-electron chi connectivity index (χ1n) is 10.6. The van der Waals surface area contributed by atoms with Crippen LogP contribution in [0.1, 0.15) is 57.3 Å². The van der Waals surface area contributed by atoms with Crippen LogP contribution in [-0.2, 0) is 11.2 Å². The zero-order valence-corrected chi connectivity index (χ0v) is 17.3. The van der Waals surface area contributed by atoms with Crippen LogP contribution in [-0.4, -0.2) is 39.2 Å². The van der Waals surface area contributed by atoms with Gasteiger partial charge in [-0.15, -0.1) is 0 Å². The summed E-state index contributed by atoms with van der Waals surface area (Å²) >= 11 is 0. The van der Waals surface area contributed by atoms with Crippen molar-refractivity contribution in [1.82, 2.24) is 9.88 Å². The molecule has 154 valence electrons. The van der Waals surface area contributed by atoms with Crippen LogP contribution < -0.4 is 0 Å². The molecule has 2 aromatic rings. The fourth-order valence-electron chi connectivity index (χ4n) is 6.51. The van der Waals surface area contributed by atoms with Crippen LogP contribution in [0.15, 0.2) is 36.4 Å². The number of nitrogens with zero attached hydrogens (tertiary/aromatic N) is 1. The van der Waals surface area contributed by atoms with Gasteiger partial charge in [0.05, 0.1) is 6.04 Å². The summed E-state index contributed by atoms with van der Waals surface area (Å²) in [6, 6.07) is 8.86. The van der Waals surface area contributed by atoms with Gasteiger partial charge in [-0.2, -0.15) is 0 Å². The number of aromatic nitrogens is 1. The van der Waals surface area contributed by atoms with Crippen LogP contribution >= 0.6 is 0 Å². The highest BCUT2D eigenvalue weighted by atomic mass is 19.1. The molecule has 3 saturated carbocycles. The Morgan fingerprint density at radius 1 is 1.34 bits per heavy atom. The molecule has 3 aliphatic carbocycles. The normalized spacial score (nSPS) is 34.1. The highest BCUT2D eigenvalue weighted by Crippen LogP contribution is 2.79. The first kappa shape index (κ1) is 18.9. The first-order valence-corrected chi connectivity index (χ1v) is 10.6. The van der Waals surface area contributed by atoms with Crippen molar-refractivity contribution in [2.45, 2.75) is 64.2 Å². The fourth-order valence-corrected chi connectivity index (χ4v) is 6.51. The Labute approximate surface area is 170 Å². The predicted molar refractivity (Wildman–Crippen MR) is 112 cm³/mol. The molecule has 3 fully saturated rings. The summed E-state index contributed by atoms with van der Waals surface area (Å²) in [7, 11) is 0. The maximum atomic E-state index is 14.8. The Kier molecular flexibility index (Phi) is 3.86. The molecular formula is C24H29FN2O2. The average Bonchev–Trinajstić information content (AvgIpc) is 2.91. The molecule has 1 aromatic heterocycles. The minimum Gasteiger partial charge on any atom is -0.478 e. The lowest BCUT2D eigenvalue weighted by Gasteiger charge is -2.74. The number of carbonyl (C=O) groups is 1. The van der Waals surface area contributed by atoms with E-state index < -0.39 is 11.6 Å². The Hall–Kier alpha value is -2.14. The van der Waals surface area contributed by atoms with E-state index in [0.717, 1.165) is 31.2 Å². The lowest BCUT2D eigenvalue weighted by molar-refractivity contribution is -0.224. The van der Waals surface area contributed by atoms with E-state index in [1.807, 2.05) is 6.08 Å². The molecule has 0 saturated heterocycles. The number of allylic oxidation sites excluding steroid dienone is 1. The van der Waals surface area contributed by atoms with Crippen LogP contribution in [0.3, 0.4) is 0 Å². The van der Waals surface area contributed by atoms with E-state index in [9.17, 15) is 9.18 Å². The second-order valence-corrected chi connectivity index (χ2v) is 10.3. The van der Waals surface area contributed by atoms with E-state index >= 15 is 0 Å². The van der Waals surface area contributed by atoms with E-state index in [1.165, 1.54) is 22.7 Å². The molecule has 4 aliphatic rings. The SMILES string of the molecule is CC1Cc2c([nH]c3ccccc23)C(C23CC(/C=C/C(=O)O)(C2)C3)N1CC(C)(C)F. The molecule has 2 atom stereocenters. The van der Waals surface area contributed by atoms with Gasteiger partial charge in [0.1, 0.15) is 5.67 Å². The van der Waals surface area contributed by atoms with E-state index in [0.29, 0.717) is 6.54 Å². The van der Waals surface area contributed by atoms with E-state index in [4.69, 9.17) is 5.11 Å². The van der Waals surface area contributed by atoms with Gasteiger partial charge in [0.15, 0.2) is 0 Å². The number of benzene rings is 1. The minimum absolute atomic E-state index is 0.0299. The van der Waals surface area contributed by atoms with Crippen LogP contribution in [0.4, 0.5) is 4.39 Å². The van der Waals surface area contributed by atoms with Crippen LogP contribution in [0.2, 0.25) is 0 Å². The molecule has 2 unspecified atom stereocenters. The number of carboxylic acids is 1. The Balaban J connectivity index is 1.55. The number of alkyl halides is 1. The molecule has 2 N–H and O–H groups in total. The van der Waals surface area contributed by atoms with Crippen molar-refractivity contribution in [1.29, 1.82) is 0 Å². The highest BCUT2D eigenvalue weighted by molar-refractivity contribution is 5.85. The molecule has 4 nitrogen and oxygen atoms in total. The quantitative estimate of drug-likeness (QED) is 0.698. The van der Waals surface area contributed by atoms with Gasteiger partial charge in [-0.05, 0) is 68.9 Å². The number of H-pyrrole nitrogens is 1. The third kappa shape index (κ3) is 2.85. The summed E-state index contributed by atoms with van der Waals surface area (Å²) < 4.78 is 14.8. The predicted octanol–water partition coefficient (Wildman–Crippen LogP) is 5.01. The van der Waals surface area contributed by atoms with Crippen molar-refractivity contribution in [3.63, 3.8) is 0 Å². The van der Waals surface area contributed by atoms with Crippen molar-refractivity contribution in [3.05, 3.63) is 47.7 Å². The van der Waals surface area contributed by atoms with E-state index in [2.05, 4.69) is 41.1 Å². The van der Waals surface area contributed by atoms with Crippen LogP contribution in [0.25, 0.3) is 10.9 Å². The summed E-state index contributed by atoms with van der Waals surface area (Å²) in [6.45, 7) is 5.95. The first-order chi connectivity index (χ1) is 13.6. The van der Waals surface area contributed by atoms with Crippen LogP contribution in [0, 0.1) is 10.8 Å². The summed E-state index contributed by atoms with van der Waals surface area (Å²) in [6.07, 6.45) is 7.06. The molecule has 29 heavy (non-hydrogen) atoms. The Bertz CT molecular complexity index is 996. The Morgan fingerprint density at radius 3 is 2.69 bits per heavy atom. The third-order valence-corrected chi connectivity index (χ3v) is 7.35.